The average molecular weight is 923 g/mol. The van der Waals surface area contributed by atoms with Gasteiger partial charge in [0.15, 0.2) is 6.10 Å². The number of esters is 3. The standard InChI is InChI=1S/C61H94O6/c1-4-7-10-13-16-19-22-25-28-30-33-35-38-41-44-47-50-53-59(62)65-56-58(67-61(64)55-52-49-46-43-40-37-32-27-24-21-18-15-12-9-6-3)57-66-60(63)54-51-48-45-42-39-36-34-31-29-26-23-20-17-14-11-8-5-2/h9,12,16-21,25-29,32-36,40-45,58H,4-8,10-11,13-15,22-24,30-31,37-39,46-57H2,1-3H3/b12-9-,19-16-,20-17-,21-18-,28-25-,29-26-,32-27-,35-33-,36-34-,43-40-,44-41-,45-42-. The number of ether oxygens (including phenoxy) is 3. The maximum Gasteiger partial charge on any atom is 0.306 e. The van der Waals surface area contributed by atoms with Crippen molar-refractivity contribution in [3.05, 3.63) is 146 Å². The summed E-state index contributed by atoms with van der Waals surface area (Å²) in [6.07, 6.45) is 77.0. The van der Waals surface area contributed by atoms with Crippen molar-refractivity contribution in [2.45, 2.75) is 207 Å². The Morgan fingerprint density at radius 2 is 0.582 bits per heavy atom. The van der Waals surface area contributed by atoms with Gasteiger partial charge in [-0.05, 0) is 135 Å². The topological polar surface area (TPSA) is 78.9 Å². The van der Waals surface area contributed by atoms with Gasteiger partial charge in [0, 0.05) is 19.3 Å². The highest BCUT2D eigenvalue weighted by molar-refractivity contribution is 5.71. The second-order valence-corrected chi connectivity index (χ2v) is 16.7. The molecule has 67 heavy (non-hydrogen) atoms. The maximum absolute atomic E-state index is 12.8. The number of carbonyl (C=O) groups excluding carboxylic acids is 3. The minimum absolute atomic E-state index is 0.146. The molecule has 0 amide bonds. The molecular weight excluding hydrogens is 829 g/mol. The summed E-state index contributed by atoms with van der Waals surface area (Å²) in [6, 6.07) is 0. The number of unbranched alkanes of at least 4 members (excludes halogenated alkanes) is 10. The van der Waals surface area contributed by atoms with Crippen molar-refractivity contribution in [1.29, 1.82) is 0 Å². The fourth-order valence-electron chi connectivity index (χ4n) is 6.36. The maximum atomic E-state index is 12.8. The van der Waals surface area contributed by atoms with Crippen LogP contribution in [0, 0.1) is 0 Å². The molecule has 6 nitrogen and oxygen atoms in total. The predicted octanol–water partition coefficient (Wildman–Crippen LogP) is 17.6. The van der Waals surface area contributed by atoms with Crippen LogP contribution in [0.2, 0.25) is 0 Å². The lowest BCUT2D eigenvalue weighted by Crippen LogP contribution is -2.30. The van der Waals surface area contributed by atoms with Gasteiger partial charge in [-0.1, -0.05) is 192 Å². The zero-order valence-corrected chi connectivity index (χ0v) is 42.6. The van der Waals surface area contributed by atoms with Crippen molar-refractivity contribution in [1.82, 2.24) is 0 Å². The quantitative estimate of drug-likeness (QED) is 0.0262. The molecule has 0 aliphatic heterocycles. The number of rotatable bonds is 45. The van der Waals surface area contributed by atoms with Crippen LogP contribution in [0.15, 0.2) is 146 Å². The Kier molecular flexibility index (Phi) is 50.1. The van der Waals surface area contributed by atoms with Crippen molar-refractivity contribution in [3.63, 3.8) is 0 Å². The van der Waals surface area contributed by atoms with Gasteiger partial charge in [-0.2, -0.15) is 0 Å². The molecule has 374 valence electrons. The first-order valence-electron chi connectivity index (χ1n) is 26.3. The minimum atomic E-state index is -0.850. The van der Waals surface area contributed by atoms with Crippen molar-refractivity contribution >= 4 is 17.9 Å². The second kappa shape index (κ2) is 53.9. The molecule has 0 aromatic rings. The first kappa shape index (κ1) is 62.3. The van der Waals surface area contributed by atoms with Crippen LogP contribution in [0.1, 0.15) is 201 Å². The number of hydrogen-bond acceptors (Lipinski definition) is 6. The highest BCUT2D eigenvalue weighted by atomic mass is 16.6. The van der Waals surface area contributed by atoms with E-state index in [2.05, 4.69) is 167 Å². The van der Waals surface area contributed by atoms with Crippen molar-refractivity contribution in [2.24, 2.45) is 0 Å². The second-order valence-electron chi connectivity index (χ2n) is 16.7. The summed E-state index contributed by atoms with van der Waals surface area (Å²) in [6.45, 7) is 6.31. The predicted molar refractivity (Wildman–Crippen MR) is 288 cm³/mol. The highest BCUT2D eigenvalue weighted by Gasteiger charge is 2.19. The van der Waals surface area contributed by atoms with E-state index in [9.17, 15) is 14.4 Å². The summed E-state index contributed by atoms with van der Waals surface area (Å²) in [5.74, 6) is -1.11. The van der Waals surface area contributed by atoms with Crippen LogP contribution in [0.4, 0.5) is 0 Å². The van der Waals surface area contributed by atoms with E-state index in [1.54, 1.807) is 0 Å². The lowest BCUT2D eigenvalue weighted by atomic mass is 10.2. The van der Waals surface area contributed by atoms with Crippen LogP contribution in [-0.4, -0.2) is 37.2 Å². The Hall–Kier alpha value is -4.71. The van der Waals surface area contributed by atoms with Crippen molar-refractivity contribution < 1.29 is 28.6 Å². The van der Waals surface area contributed by atoms with Crippen LogP contribution < -0.4 is 0 Å². The molecule has 0 aliphatic rings. The molecule has 6 heteroatoms. The van der Waals surface area contributed by atoms with E-state index >= 15 is 0 Å². The zero-order valence-electron chi connectivity index (χ0n) is 42.6. The van der Waals surface area contributed by atoms with Gasteiger partial charge in [0.2, 0.25) is 0 Å². The van der Waals surface area contributed by atoms with Gasteiger partial charge in [0.1, 0.15) is 13.2 Å². The molecule has 0 aromatic carbocycles. The smallest absolute Gasteiger partial charge is 0.306 e. The third-order valence-electron chi connectivity index (χ3n) is 10.3. The molecule has 0 fully saturated rings. The Labute approximate surface area is 410 Å². The number of allylic oxidation sites excluding steroid dienone is 24. The van der Waals surface area contributed by atoms with E-state index in [-0.39, 0.29) is 50.4 Å². The third kappa shape index (κ3) is 52.1. The van der Waals surface area contributed by atoms with E-state index in [0.717, 1.165) is 89.9 Å². The Bertz CT molecular complexity index is 1450. The SMILES string of the molecule is CC/C=C\C/C=C\C/C=C\C/C=C\CCCCC(=O)OC(COC(=O)CCC/C=C\C/C=C\C/C=C\C/C=C\CCCCC)COC(=O)CCC/C=C\C/C=C\C/C=C\C/C=C\CCCCC. The minimum Gasteiger partial charge on any atom is -0.462 e. The molecule has 0 N–H and O–H groups in total. The lowest BCUT2D eigenvalue weighted by molar-refractivity contribution is -0.167. The Morgan fingerprint density at radius 1 is 0.313 bits per heavy atom. The Morgan fingerprint density at radius 3 is 0.896 bits per heavy atom. The molecule has 0 heterocycles. The van der Waals surface area contributed by atoms with Crippen molar-refractivity contribution in [2.75, 3.05) is 13.2 Å². The molecule has 0 aromatic heterocycles. The van der Waals surface area contributed by atoms with Gasteiger partial charge >= 0.3 is 17.9 Å². The summed E-state index contributed by atoms with van der Waals surface area (Å²) in [5, 5.41) is 0. The highest BCUT2D eigenvalue weighted by Crippen LogP contribution is 2.09. The molecular formula is C61H94O6. The van der Waals surface area contributed by atoms with E-state index in [0.29, 0.717) is 19.3 Å². The fourth-order valence-corrected chi connectivity index (χ4v) is 6.36. The van der Waals surface area contributed by atoms with Gasteiger partial charge in [-0.25, -0.2) is 0 Å². The van der Waals surface area contributed by atoms with E-state index in [1.807, 2.05) is 0 Å². The summed E-state index contributed by atoms with van der Waals surface area (Å²) >= 11 is 0. The molecule has 0 saturated heterocycles. The summed E-state index contributed by atoms with van der Waals surface area (Å²) in [7, 11) is 0. The molecule has 0 aliphatic carbocycles. The summed E-state index contributed by atoms with van der Waals surface area (Å²) in [5.41, 5.74) is 0. The van der Waals surface area contributed by atoms with E-state index in [4.69, 9.17) is 14.2 Å². The molecule has 0 bridgehead atoms. The molecule has 0 rings (SSSR count). The van der Waals surface area contributed by atoms with E-state index in [1.165, 1.54) is 51.4 Å². The van der Waals surface area contributed by atoms with Crippen LogP contribution in [0.3, 0.4) is 0 Å². The van der Waals surface area contributed by atoms with Crippen LogP contribution in [0.25, 0.3) is 0 Å². The molecule has 0 radical (unpaired) electrons. The number of hydrogen-bond donors (Lipinski definition) is 0. The number of carbonyl (C=O) groups is 3. The molecule has 0 atom stereocenters. The monoisotopic (exact) mass is 923 g/mol. The third-order valence-corrected chi connectivity index (χ3v) is 10.3. The van der Waals surface area contributed by atoms with E-state index < -0.39 is 6.10 Å². The fraction of sp³-hybridized carbons (Fsp3) is 0.557. The first-order chi connectivity index (χ1) is 33.0. The molecule has 0 unspecified atom stereocenters. The van der Waals surface area contributed by atoms with Crippen LogP contribution in [-0.2, 0) is 28.6 Å². The van der Waals surface area contributed by atoms with Gasteiger partial charge in [0.25, 0.3) is 0 Å². The van der Waals surface area contributed by atoms with Crippen LogP contribution >= 0.6 is 0 Å². The molecule has 0 saturated carbocycles. The average Bonchev–Trinajstić information content (AvgIpc) is 3.33. The lowest BCUT2D eigenvalue weighted by Gasteiger charge is -2.18. The summed E-state index contributed by atoms with van der Waals surface area (Å²) < 4.78 is 16.7. The summed E-state index contributed by atoms with van der Waals surface area (Å²) in [4.78, 5) is 38.0. The van der Waals surface area contributed by atoms with Gasteiger partial charge < -0.3 is 14.2 Å². The zero-order chi connectivity index (χ0) is 48.6. The van der Waals surface area contributed by atoms with Crippen LogP contribution in [0.5, 0.6) is 0 Å². The largest absolute Gasteiger partial charge is 0.462 e. The Balaban J connectivity index is 4.66. The van der Waals surface area contributed by atoms with Gasteiger partial charge in [-0.3, -0.25) is 14.4 Å². The van der Waals surface area contributed by atoms with Crippen molar-refractivity contribution in [3.8, 4) is 0 Å². The van der Waals surface area contributed by atoms with Gasteiger partial charge in [-0.15, -0.1) is 0 Å². The molecule has 0 spiro atoms. The van der Waals surface area contributed by atoms with Gasteiger partial charge in [0.05, 0.1) is 0 Å². The normalized spacial score (nSPS) is 12.9. The first-order valence-corrected chi connectivity index (χ1v) is 26.3.